The highest BCUT2D eigenvalue weighted by molar-refractivity contribution is 14.0. The van der Waals surface area contributed by atoms with Gasteiger partial charge in [0, 0.05) is 26.7 Å². The predicted octanol–water partition coefficient (Wildman–Crippen LogP) is 2.33. The molecule has 0 saturated carbocycles. The van der Waals surface area contributed by atoms with E-state index < -0.39 is 0 Å². The van der Waals surface area contributed by atoms with Crippen LogP contribution in [0, 0.1) is 5.92 Å². The van der Waals surface area contributed by atoms with Crippen LogP contribution in [-0.4, -0.2) is 44.1 Å². The molecule has 1 aromatic rings. The largest absolute Gasteiger partial charge is 0.469 e. The molecule has 1 aromatic heterocycles. The van der Waals surface area contributed by atoms with Crippen molar-refractivity contribution in [3.63, 3.8) is 0 Å². The van der Waals surface area contributed by atoms with E-state index in [0.29, 0.717) is 0 Å². The van der Waals surface area contributed by atoms with E-state index in [9.17, 15) is 4.79 Å². The molecule has 21 heavy (non-hydrogen) atoms. The van der Waals surface area contributed by atoms with E-state index in [1.165, 1.54) is 12.7 Å². The Hall–Kier alpha value is -0.830. The zero-order chi connectivity index (χ0) is 14.4. The summed E-state index contributed by atoms with van der Waals surface area (Å²) < 4.78 is 4.81. The van der Waals surface area contributed by atoms with E-state index in [1.807, 2.05) is 0 Å². The summed E-state index contributed by atoms with van der Waals surface area (Å²) in [6, 6.07) is 2.11. The van der Waals surface area contributed by atoms with Crippen LogP contribution in [0.1, 0.15) is 18.4 Å². The number of thiophene rings is 1. The molecule has 0 spiro atoms. The van der Waals surface area contributed by atoms with Gasteiger partial charge in [0.05, 0.1) is 13.0 Å². The van der Waals surface area contributed by atoms with Crippen LogP contribution in [0.5, 0.6) is 0 Å². The van der Waals surface area contributed by atoms with E-state index in [-0.39, 0.29) is 35.9 Å². The number of likely N-dealkylation sites (tertiary alicyclic amines) is 1. The van der Waals surface area contributed by atoms with Crippen molar-refractivity contribution in [3.05, 3.63) is 22.4 Å². The first kappa shape index (κ1) is 18.2. The number of nitrogens with zero attached hydrogens (tertiary/aromatic N) is 2. The number of nitrogens with one attached hydrogen (secondary N) is 1. The molecule has 1 fully saturated rings. The van der Waals surface area contributed by atoms with Gasteiger partial charge in [0.25, 0.3) is 0 Å². The second-order valence-electron chi connectivity index (χ2n) is 4.82. The zero-order valence-electron chi connectivity index (χ0n) is 12.4. The molecule has 0 radical (unpaired) electrons. The number of ether oxygens (including phenoxy) is 1. The summed E-state index contributed by atoms with van der Waals surface area (Å²) in [5.41, 5.74) is 1.26. The van der Waals surface area contributed by atoms with Crippen LogP contribution >= 0.6 is 35.3 Å². The second-order valence-corrected chi connectivity index (χ2v) is 5.60. The van der Waals surface area contributed by atoms with E-state index in [1.54, 1.807) is 18.4 Å². The molecule has 1 aliphatic rings. The van der Waals surface area contributed by atoms with Crippen molar-refractivity contribution >= 4 is 47.2 Å². The summed E-state index contributed by atoms with van der Waals surface area (Å²) in [7, 11) is 3.25. The van der Waals surface area contributed by atoms with Crippen LogP contribution in [0.25, 0.3) is 0 Å². The minimum atomic E-state index is -0.0918. The van der Waals surface area contributed by atoms with Gasteiger partial charge in [-0.15, -0.1) is 24.0 Å². The Balaban J connectivity index is 0.00000220. The van der Waals surface area contributed by atoms with Gasteiger partial charge < -0.3 is 15.0 Å². The van der Waals surface area contributed by atoms with Gasteiger partial charge in [-0.3, -0.25) is 9.79 Å². The third-order valence-corrected chi connectivity index (χ3v) is 4.30. The quantitative estimate of drug-likeness (QED) is 0.351. The number of guanidine groups is 1. The molecule has 0 amide bonds. The Labute approximate surface area is 146 Å². The number of hydrogen-bond donors (Lipinski definition) is 1. The van der Waals surface area contributed by atoms with Crippen LogP contribution < -0.4 is 5.32 Å². The van der Waals surface area contributed by atoms with Crippen molar-refractivity contribution in [1.82, 2.24) is 10.2 Å². The van der Waals surface area contributed by atoms with Crippen molar-refractivity contribution in [1.29, 1.82) is 0 Å². The molecule has 0 atom stereocenters. The number of aliphatic imine (C=N–C) groups is 1. The third-order valence-electron chi connectivity index (χ3n) is 3.57. The maximum atomic E-state index is 11.5. The molecule has 0 unspecified atom stereocenters. The van der Waals surface area contributed by atoms with E-state index in [0.717, 1.165) is 38.4 Å². The van der Waals surface area contributed by atoms with E-state index >= 15 is 0 Å². The van der Waals surface area contributed by atoms with Crippen molar-refractivity contribution in [2.45, 2.75) is 19.4 Å². The van der Waals surface area contributed by atoms with Crippen LogP contribution in [0.4, 0.5) is 0 Å². The number of piperidine rings is 1. The second kappa shape index (κ2) is 9.24. The highest BCUT2D eigenvalue weighted by Crippen LogP contribution is 2.18. The molecule has 7 heteroatoms. The lowest BCUT2D eigenvalue weighted by Gasteiger charge is -2.33. The molecule has 2 heterocycles. The Bertz CT molecular complexity index is 457. The van der Waals surface area contributed by atoms with Gasteiger partial charge in [0.15, 0.2) is 5.96 Å². The van der Waals surface area contributed by atoms with Gasteiger partial charge in [0.1, 0.15) is 0 Å². The molecular weight excluding hydrogens is 401 g/mol. The summed E-state index contributed by atoms with van der Waals surface area (Å²) in [5.74, 6) is 0.844. The summed E-state index contributed by atoms with van der Waals surface area (Å²) in [4.78, 5) is 18.0. The standard InChI is InChI=1S/C14H21N3O2S.HI/c1-15-14(16-9-11-5-8-20-10-11)17-6-3-12(4-7-17)13(18)19-2;/h5,8,10,12H,3-4,6-7,9H2,1-2H3,(H,15,16);1H. The smallest absolute Gasteiger partial charge is 0.308 e. The molecule has 0 aliphatic carbocycles. The first-order valence-electron chi connectivity index (χ1n) is 6.79. The fourth-order valence-electron chi connectivity index (χ4n) is 2.40. The Morgan fingerprint density at radius 1 is 1.52 bits per heavy atom. The average Bonchev–Trinajstić information content (AvgIpc) is 3.01. The number of halogens is 1. The Kier molecular flexibility index (Phi) is 8.02. The molecule has 0 aromatic carbocycles. The highest BCUT2D eigenvalue weighted by Gasteiger charge is 2.26. The summed E-state index contributed by atoms with van der Waals surface area (Å²) in [5, 5.41) is 7.57. The first-order chi connectivity index (χ1) is 9.74. The van der Waals surface area contributed by atoms with Crippen LogP contribution in [0.2, 0.25) is 0 Å². The minimum Gasteiger partial charge on any atom is -0.469 e. The van der Waals surface area contributed by atoms with Crippen molar-refractivity contribution in [2.75, 3.05) is 27.2 Å². The van der Waals surface area contributed by atoms with Crippen molar-refractivity contribution in [3.8, 4) is 0 Å². The summed E-state index contributed by atoms with van der Waals surface area (Å²) in [6.07, 6.45) is 1.65. The molecule has 0 bridgehead atoms. The van der Waals surface area contributed by atoms with Gasteiger partial charge in [-0.2, -0.15) is 11.3 Å². The average molecular weight is 423 g/mol. The number of carbonyl (C=O) groups excluding carboxylic acids is 1. The summed E-state index contributed by atoms with van der Waals surface area (Å²) in [6.45, 7) is 2.46. The van der Waals surface area contributed by atoms with Crippen molar-refractivity contribution in [2.24, 2.45) is 10.9 Å². The molecule has 1 saturated heterocycles. The molecule has 2 rings (SSSR count). The van der Waals surface area contributed by atoms with E-state index in [2.05, 4.69) is 32.0 Å². The fourth-order valence-corrected chi connectivity index (χ4v) is 3.07. The number of carbonyl (C=O) groups is 1. The monoisotopic (exact) mass is 423 g/mol. The molecule has 118 valence electrons. The fraction of sp³-hybridized carbons (Fsp3) is 0.571. The summed E-state index contributed by atoms with van der Waals surface area (Å²) >= 11 is 1.70. The van der Waals surface area contributed by atoms with Gasteiger partial charge >= 0.3 is 5.97 Å². The number of rotatable bonds is 3. The van der Waals surface area contributed by atoms with Gasteiger partial charge in [-0.05, 0) is 35.2 Å². The minimum absolute atomic E-state index is 0. The SMILES string of the molecule is CN=C(NCc1ccsc1)N1CCC(C(=O)OC)CC1.I. The molecule has 1 N–H and O–H groups in total. The predicted molar refractivity (Wildman–Crippen MR) is 96.2 cm³/mol. The lowest BCUT2D eigenvalue weighted by Crippen LogP contribution is -2.46. The van der Waals surface area contributed by atoms with Crippen LogP contribution in [0.3, 0.4) is 0 Å². The Morgan fingerprint density at radius 3 is 2.76 bits per heavy atom. The first-order valence-corrected chi connectivity index (χ1v) is 7.73. The molecular formula is C14H22IN3O2S. The normalized spacial score (nSPS) is 16.3. The zero-order valence-corrected chi connectivity index (χ0v) is 15.5. The highest BCUT2D eigenvalue weighted by atomic mass is 127. The maximum absolute atomic E-state index is 11.5. The van der Waals surface area contributed by atoms with Gasteiger partial charge in [0.2, 0.25) is 0 Å². The van der Waals surface area contributed by atoms with E-state index in [4.69, 9.17) is 4.74 Å². The lowest BCUT2D eigenvalue weighted by atomic mass is 9.97. The van der Waals surface area contributed by atoms with Crippen LogP contribution in [0.15, 0.2) is 21.8 Å². The molecule has 1 aliphatic heterocycles. The number of methoxy groups -OCH3 is 1. The topological polar surface area (TPSA) is 53.9 Å². The third kappa shape index (κ3) is 5.14. The lowest BCUT2D eigenvalue weighted by molar-refractivity contribution is -0.146. The number of hydrogen-bond acceptors (Lipinski definition) is 4. The van der Waals surface area contributed by atoms with Gasteiger partial charge in [-0.25, -0.2) is 0 Å². The molecule has 5 nitrogen and oxygen atoms in total. The number of esters is 1. The van der Waals surface area contributed by atoms with Crippen LogP contribution in [-0.2, 0) is 16.1 Å². The van der Waals surface area contributed by atoms with Crippen molar-refractivity contribution < 1.29 is 9.53 Å². The maximum Gasteiger partial charge on any atom is 0.308 e. The van der Waals surface area contributed by atoms with Gasteiger partial charge in [-0.1, -0.05) is 0 Å². The Morgan fingerprint density at radius 2 is 2.24 bits per heavy atom.